The van der Waals surface area contributed by atoms with Crippen LogP contribution in [0, 0.1) is 0 Å². The van der Waals surface area contributed by atoms with Crippen LogP contribution in [0.15, 0.2) is 23.2 Å². The molecule has 0 bridgehead atoms. The molecule has 0 aromatic heterocycles. The van der Waals surface area contributed by atoms with Crippen LogP contribution < -0.4 is 14.8 Å². The molecule has 1 saturated heterocycles. The fourth-order valence-corrected chi connectivity index (χ4v) is 3.61. The summed E-state index contributed by atoms with van der Waals surface area (Å²) in [7, 11) is 7.64. The van der Waals surface area contributed by atoms with Crippen LogP contribution in [0.5, 0.6) is 11.5 Å². The van der Waals surface area contributed by atoms with Crippen molar-refractivity contribution in [1.29, 1.82) is 0 Å². The first-order valence-corrected chi connectivity index (χ1v) is 11.2. The van der Waals surface area contributed by atoms with Crippen molar-refractivity contribution in [1.82, 2.24) is 20.0 Å². The van der Waals surface area contributed by atoms with Crippen LogP contribution in [-0.2, 0) is 6.42 Å². The SMILES string of the molecule is CCNC(=NCCCCN1CCN(C)CC1)N(C)CCc1ccc(OC)c(OC)c1.I. The summed E-state index contributed by atoms with van der Waals surface area (Å²) in [6, 6.07) is 6.11. The Kier molecular flexibility index (Phi) is 13.9. The maximum atomic E-state index is 5.41. The van der Waals surface area contributed by atoms with E-state index in [2.05, 4.69) is 53.2 Å². The maximum absolute atomic E-state index is 5.41. The number of hydrogen-bond donors (Lipinski definition) is 1. The average Bonchev–Trinajstić information content (AvgIpc) is 2.77. The number of unbranched alkanes of at least 4 members (excludes halogenated alkanes) is 1. The van der Waals surface area contributed by atoms with Crippen molar-refractivity contribution >= 4 is 29.9 Å². The van der Waals surface area contributed by atoms with Gasteiger partial charge in [0.15, 0.2) is 17.5 Å². The third-order valence-electron chi connectivity index (χ3n) is 5.62. The Bertz CT molecular complexity index is 651. The maximum Gasteiger partial charge on any atom is 0.193 e. The lowest BCUT2D eigenvalue weighted by Gasteiger charge is -2.32. The summed E-state index contributed by atoms with van der Waals surface area (Å²) < 4.78 is 10.7. The number of methoxy groups -OCH3 is 2. The smallest absolute Gasteiger partial charge is 0.193 e. The van der Waals surface area contributed by atoms with Gasteiger partial charge in [0.05, 0.1) is 14.2 Å². The van der Waals surface area contributed by atoms with Crippen molar-refractivity contribution in [3.8, 4) is 11.5 Å². The van der Waals surface area contributed by atoms with Gasteiger partial charge in [0, 0.05) is 52.9 Å². The Morgan fingerprint density at radius 3 is 2.45 bits per heavy atom. The second-order valence-corrected chi connectivity index (χ2v) is 7.95. The summed E-state index contributed by atoms with van der Waals surface area (Å²) in [5.41, 5.74) is 1.22. The highest BCUT2D eigenvalue weighted by molar-refractivity contribution is 14.0. The summed E-state index contributed by atoms with van der Waals surface area (Å²) in [6.07, 6.45) is 3.26. The lowest BCUT2D eigenvalue weighted by atomic mass is 10.1. The van der Waals surface area contributed by atoms with E-state index in [1.54, 1.807) is 14.2 Å². The number of rotatable bonds is 11. The molecule has 7 nitrogen and oxygen atoms in total. The van der Waals surface area contributed by atoms with E-state index >= 15 is 0 Å². The zero-order valence-corrected chi connectivity index (χ0v) is 22.4. The zero-order chi connectivity index (χ0) is 21.8. The number of nitrogens with zero attached hydrogens (tertiary/aromatic N) is 4. The largest absolute Gasteiger partial charge is 0.493 e. The van der Waals surface area contributed by atoms with Gasteiger partial charge in [-0.15, -0.1) is 24.0 Å². The Morgan fingerprint density at radius 2 is 1.81 bits per heavy atom. The predicted molar refractivity (Wildman–Crippen MR) is 140 cm³/mol. The van der Waals surface area contributed by atoms with E-state index in [0.717, 1.165) is 49.9 Å². The number of aliphatic imine (C=N–C) groups is 1. The third kappa shape index (κ3) is 9.82. The van der Waals surface area contributed by atoms with Crippen LogP contribution in [0.3, 0.4) is 0 Å². The molecule has 1 fully saturated rings. The van der Waals surface area contributed by atoms with Crippen LogP contribution in [-0.4, -0.2) is 101 Å². The number of likely N-dealkylation sites (N-methyl/N-ethyl adjacent to an activating group) is 2. The number of ether oxygens (including phenoxy) is 2. The molecular weight excluding hydrogens is 505 g/mol. The zero-order valence-electron chi connectivity index (χ0n) is 20.0. The molecule has 0 amide bonds. The quantitative estimate of drug-likeness (QED) is 0.199. The topological polar surface area (TPSA) is 52.6 Å². The van der Waals surface area contributed by atoms with Gasteiger partial charge in [0.2, 0.25) is 0 Å². The van der Waals surface area contributed by atoms with Crippen LogP contribution in [0.4, 0.5) is 0 Å². The molecule has 1 aliphatic rings. The molecule has 1 aliphatic heterocycles. The molecule has 1 heterocycles. The number of nitrogens with one attached hydrogen (secondary N) is 1. The number of hydrogen-bond acceptors (Lipinski definition) is 5. The van der Waals surface area contributed by atoms with Gasteiger partial charge in [-0.25, -0.2) is 0 Å². The minimum absolute atomic E-state index is 0. The van der Waals surface area contributed by atoms with E-state index in [1.807, 2.05) is 6.07 Å². The van der Waals surface area contributed by atoms with Gasteiger partial charge in [0.25, 0.3) is 0 Å². The molecule has 2 rings (SSSR count). The van der Waals surface area contributed by atoms with E-state index in [4.69, 9.17) is 14.5 Å². The number of guanidine groups is 1. The second kappa shape index (κ2) is 15.5. The van der Waals surface area contributed by atoms with Gasteiger partial charge in [-0.2, -0.15) is 0 Å². The van der Waals surface area contributed by atoms with Crippen molar-refractivity contribution in [3.63, 3.8) is 0 Å². The van der Waals surface area contributed by atoms with Gasteiger partial charge < -0.3 is 29.5 Å². The van der Waals surface area contributed by atoms with Crippen molar-refractivity contribution in [3.05, 3.63) is 23.8 Å². The fourth-order valence-electron chi connectivity index (χ4n) is 3.61. The Hall–Kier alpha value is -1.26. The van der Waals surface area contributed by atoms with Gasteiger partial charge in [0.1, 0.15) is 0 Å². The molecule has 0 radical (unpaired) electrons. The summed E-state index contributed by atoms with van der Waals surface area (Å²) in [4.78, 5) is 12.0. The molecule has 8 heteroatoms. The van der Waals surface area contributed by atoms with E-state index < -0.39 is 0 Å². The highest BCUT2D eigenvalue weighted by Gasteiger charge is 2.13. The summed E-state index contributed by atoms with van der Waals surface area (Å²) in [5.74, 6) is 2.53. The van der Waals surface area contributed by atoms with Crippen molar-refractivity contribution < 1.29 is 9.47 Å². The molecule has 1 aromatic rings. The number of benzene rings is 1. The Balaban J connectivity index is 0.00000480. The Labute approximate surface area is 206 Å². The first-order valence-electron chi connectivity index (χ1n) is 11.2. The minimum atomic E-state index is 0. The molecule has 1 aromatic carbocycles. The molecule has 0 saturated carbocycles. The first-order chi connectivity index (χ1) is 14.6. The van der Waals surface area contributed by atoms with Crippen LogP contribution in [0.25, 0.3) is 0 Å². The molecule has 0 spiro atoms. The van der Waals surface area contributed by atoms with Crippen molar-refractivity contribution in [2.45, 2.75) is 26.2 Å². The molecule has 1 N–H and O–H groups in total. The highest BCUT2D eigenvalue weighted by Crippen LogP contribution is 2.27. The molecule has 31 heavy (non-hydrogen) atoms. The molecule has 0 unspecified atom stereocenters. The normalized spacial score (nSPS) is 15.3. The highest BCUT2D eigenvalue weighted by atomic mass is 127. The van der Waals surface area contributed by atoms with Crippen molar-refractivity contribution in [2.24, 2.45) is 4.99 Å². The number of halogens is 1. The minimum Gasteiger partial charge on any atom is -0.493 e. The standard InChI is InChI=1S/C23H41N5O2.HI/c1-6-24-23(25-12-7-8-13-28-17-15-26(2)16-18-28)27(3)14-11-20-9-10-21(29-4)22(19-20)30-5;/h9-10,19H,6-8,11-18H2,1-5H3,(H,24,25);1H. The molecule has 0 atom stereocenters. The van der Waals surface area contributed by atoms with E-state index in [9.17, 15) is 0 Å². The fraction of sp³-hybridized carbons (Fsp3) is 0.696. The van der Waals surface area contributed by atoms with Gasteiger partial charge >= 0.3 is 0 Å². The van der Waals surface area contributed by atoms with Crippen molar-refractivity contribution in [2.75, 3.05) is 80.7 Å². The lowest BCUT2D eigenvalue weighted by Crippen LogP contribution is -2.44. The van der Waals surface area contributed by atoms with Crippen LogP contribution >= 0.6 is 24.0 Å². The third-order valence-corrected chi connectivity index (χ3v) is 5.62. The lowest BCUT2D eigenvalue weighted by molar-refractivity contribution is 0.152. The summed E-state index contributed by atoms with van der Waals surface area (Å²) in [6.45, 7) is 10.7. The van der Waals surface area contributed by atoms with E-state index in [1.165, 1.54) is 44.7 Å². The van der Waals surface area contributed by atoms with E-state index in [0.29, 0.717) is 0 Å². The predicted octanol–water partition coefficient (Wildman–Crippen LogP) is 2.79. The Morgan fingerprint density at radius 1 is 1.10 bits per heavy atom. The average molecular weight is 548 g/mol. The number of piperazine rings is 1. The van der Waals surface area contributed by atoms with E-state index in [-0.39, 0.29) is 24.0 Å². The monoisotopic (exact) mass is 547 g/mol. The molecular formula is C23H42IN5O2. The van der Waals surface area contributed by atoms with Crippen LogP contribution in [0.1, 0.15) is 25.3 Å². The summed E-state index contributed by atoms with van der Waals surface area (Å²) in [5, 5.41) is 3.42. The second-order valence-electron chi connectivity index (χ2n) is 7.95. The van der Waals surface area contributed by atoms with Crippen LogP contribution in [0.2, 0.25) is 0 Å². The van der Waals surface area contributed by atoms with Gasteiger partial charge in [-0.1, -0.05) is 6.07 Å². The van der Waals surface area contributed by atoms with Gasteiger partial charge in [-0.3, -0.25) is 4.99 Å². The molecule has 178 valence electrons. The molecule has 0 aliphatic carbocycles. The summed E-state index contributed by atoms with van der Waals surface area (Å²) >= 11 is 0. The first kappa shape index (κ1) is 27.8. The van der Waals surface area contributed by atoms with Gasteiger partial charge in [-0.05, 0) is 57.5 Å².